The molecule has 0 aromatic heterocycles. The van der Waals surface area contributed by atoms with Crippen molar-refractivity contribution in [2.75, 3.05) is 4.90 Å². The number of hydrogen-bond donors (Lipinski definition) is 0. The average molecular weight is 269 g/mol. The number of rotatable bonds is 1. The van der Waals surface area contributed by atoms with Gasteiger partial charge in [-0.05, 0) is 24.6 Å². The summed E-state index contributed by atoms with van der Waals surface area (Å²) in [5.41, 5.74) is 2.15. The van der Waals surface area contributed by atoms with Crippen LogP contribution in [0.3, 0.4) is 0 Å². The molecule has 1 atom stereocenters. The minimum absolute atomic E-state index is 0.0730. The van der Waals surface area contributed by atoms with Crippen molar-refractivity contribution in [3.8, 4) is 0 Å². The number of carbonyl (C=O) groups is 1. The molecule has 1 heterocycles. The molecule has 1 aliphatic heterocycles. The van der Waals surface area contributed by atoms with E-state index in [-0.39, 0.29) is 10.8 Å². The van der Waals surface area contributed by atoms with Crippen LogP contribution in [-0.4, -0.2) is 5.91 Å². The molecular weight excluding hydrogens is 254 g/mol. The van der Waals surface area contributed by atoms with Crippen molar-refractivity contribution >= 4 is 23.4 Å². The number of anilines is 1. The molecule has 0 radical (unpaired) electrons. The normalized spacial score (nSPS) is 21.3. The fraction of sp³-hybridized carbons (Fsp3) is 0.188. The molecule has 2 nitrogen and oxygen atoms in total. The molecule has 0 saturated carbocycles. The predicted molar refractivity (Wildman–Crippen MR) is 79.3 cm³/mol. The quantitative estimate of drug-likeness (QED) is 0.779. The lowest BCUT2D eigenvalue weighted by Gasteiger charge is -2.34. The highest BCUT2D eigenvalue weighted by Gasteiger charge is 2.44. The summed E-state index contributed by atoms with van der Waals surface area (Å²) in [4.78, 5) is 14.8. The zero-order valence-corrected chi connectivity index (χ0v) is 11.8. The van der Waals surface area contributed by atoms with Crippen molar-refractivity contribution in [3.05, 3.63) is 60.2 Å². The highest BCUT2D eigenvalue weighted by atomic mass is 32.2. The van der Waals surface area contributed by atoms with Gasteiger partial charge in [0.1, 0.15) is 4.87 Å². The van der Waals surface area contributed by atoms with Gasteiger partial charge >= 0.3 is 0 Å². The van der Waals surface area contributed by atoms with Gasteiger partial charge in [0.2, 0.25) is 5.91 Å². The van der Waals surface area contributed by atoms with E-state index < -0.39 is 0 Å². The Balaban J connectivity index is 2.16. The lowest BCUT2D eigenvalue weighted by molar-refractivity contribution is -0.117. The summed E-state index contributed by atoms with van der Waals surface area (Å²) >= 11 is 1.73. The number of benzene rings is 2. The largest absolute Gasteiger partial charge is 0.292 e. The van der Waals surface area contributed by atoms with Crippen molar-refractivity contribution in [1.82, 2.24) is 0 Å². The van der Waals surface area contributed by atoms with Crippen LogP contribution in [0.2, 0.25) is 0 Å². The predicted octanol–water partition coefficient (Wildman–Crippen LogP) is 4.02. The molecule has 2 aromatic carbocycles. The molecule has 0 saturated heterocycles. The van der Waals surface area contributed by atoms with Crippen LogP contribution in [0, 0.1) is 0 Å². The van der Waals surface area contributed by atoms with Crippen LogP contribution in [0.15, 0.2) is 59.5 Å². The SMILES string of the molecule is CC(=O)N1c2ccccc2S[C@]1(C)c1ccccc1. The Bertz CT molecular complexity index is 626. The van der Waals surface area contributed by atoms with Crippen molar-refractivity contribution < 1.29 is 4.79 Å². The monoisotopic (exact) mass is 269 g/mol. The van der Waals surface area contributed by atoms with Crippen molar-refractivity contribution in [3.63, 3.8) is 0 Å². The molecule has 0 spiro atoms. The van der Waals surface area contributed by atoms with E-state index >= 15 is 0 Å². The van der Waals surface area contributed by atoms with Gasteiger partial charge in [-0.3, -0.25) is 9.69 Å². The number of carbonyl (C=O) groups excluding carboxylic acids is 1. The summed E-state index contributed by atoms with van der Waals surface area (Å²) in [6.45, 7) is 3.73. The third-order valence-corrected chi connectivity index (χ3v) is 4.85. The molecule has 0 aliphatic carbocycles. The van der Waals surface area contributed by atoms with Crippen molar-refractivity contribution in [2.24, 2.45) is 0 Å². The molecule has 3 heteroatoms. The Morgan fingerprint density at radius 3 is 2.37 bits per heavy atom. The van der Waals surface area contributed by atoms with Crippen LogP contribution in [0.25, 0.3) is 0 Å². The first-order chi connectivity index (χ1) is 9.13. The number of nitrogens with zero attached hydrogens (tertiary/aromatic N) is 1. The van der Waals surface area contributed by atoms with Crippen LogP contribution >= 0.6 is 11.8 Å². The number of fused-ring (bicyclic) bond motifs is 1. The number of amides is 1. The van der Waals surface area contributed by atoms with Gasteiger partial charge in [-0.25, -0.2) is 0 Å². The van der Waals surface area contributed by atoms with Gasteiger partial charge in [-0.15, -0.1) is 0 Å². The molecule has 0 N–H and O–H groups in total. The van der Waals surface area contributed by atoms with E-state index in [2.05, 4.69) is 25.1 Å². The van der Waals surface area contributed by atoms with Gasteiger partial charge in [0.05, 0.1) is 5.69 Å². The van der Waals surface area contributed by atoms with Crippen LogP contribution in [0.4, 0.5) is 5.69 Å². The van der Waals surface area contributed by atoms with Gasteiger partial charge in [-0.1, -0.05) is 54.2 Å². The maximum Gasteiger partial charge on any atom is 0.225 e. The third-order valence-electron chi connectivity index (χ3n) is 3.47. The minimum Gasteiger partial charge on any atom is -0.292 e. The average Bonchev–Trinajstić information content (AvgIpc) is 2.73. The molecule has 0 fully saturated rings. The Labute approximate surface area is 117 Å². The Morgan fingerprint density at radius 1 is 1.05 bits per heavy atom. The summed E-state index contributed by atoms with van der Waals surface area (Å²) in [5.74, 6) is 0.0730. The Morgan fingerprint density at radius 2 is 1.68 bits per heavy atom. The molecular formula is C16H15NOS. The highest BCUT2D eigenvalue weighted by Crippen LogP contribution is 2.55. The van der Waals surface area contributed by atoms with E-state index in [1.54, 1.807) is 18.7 Å². The van der Waals surface area contributed by atoms with E-state index in [9.17, 15) is 4.79 Å². The highest BCUT2D eigenvalue weighted by molar-refractivity contribution is 8.00. The second-order valence-electron chi connectivity index (χ2n) is 4.77. The molecule has 3 rings (SSSR count). The first-order valence-electron chi connectivity index (χ1n) is 6.27. The smallest absolute Gasteiger partial charge is 0.225 e. The summed E-state index contributed by atoms with van der Waals surface area (Å²) < 4.78 is 0. The molecule has 0 bridgehead atoms. The topological polar surface area (TPSA) is 20.3 Å². The second kappa shape index (κ2) is 4.42. The van der Waals surface area contributed by atoms with Crippen molar-refractivity contribution in [1.29, 1.82) is 0 Å². The van der Waals surface area contributed by atoms with Crippen LogP contribution in [-0.2, 0) is 9.67 Å². The molecule has 2 aromatic rings. The van der Waals surface area contributed by atoms with E-state index in [1.807, 2.05) is 41.3 Å². The lowest BCUT2D eigenvalue weighted by Crippen LogP contribution is -2.41. The first kappa shape index (κ1) is 12.3. The third kappa shape index (κ3) is 1.85. The van der Waals surface area contributed by atoms with E-state index in [0.29, 0.717) is 0 Å². The Kier molecular flexibility index (Phi) is 2.86. The number of thioether (sulfide) groups is 1. The maximum atomic E-state index is 12.1. The first-order valence-corrected chi connectivity index (χ1v) is 7.09. The fourth-order valence-corrected chi connectivity index (χ4v) is 4.03. The number of para-hydroxylation sites is 1. The molecule has 0 unspecified atom stereocenters. The van der Waals surface area contributed by atoms with Crippen LogP contribution in [0.5, 0.6) is 0 Å². The van der Waals surface area contributed by atoms with Gasteiger partial charge in [0, 0.05) is 11.8 Å². The second-order valence-corrected chi connectivity index (χ2v) is 6.21. The van der Waals surface area contributed by atoms with E-state index in [1.165, 1.54) is 0 Å². The summed E-state index contributed by atoms with van der Waals surface area (Å²) in [6, 6.07) is 18.3. The Hall–Kier alpha value is -1.74. The van der Waals surface area contributed by atoms with Crippen LogP contribution < -0.4 is 4.90 Å². The molecule has 1 amide bonds. The van der Waals surface area contributed by atoms with E-state index in [0.717, 1.165) is 16.1 Å². The molecule has 1 aliphatic rings. The minimum atomic E-state index is -0.364. The summed E-state index contributed by atoms with van der Waals surface area (Å²) in [7, 11) is 0. The summed E-state index contributed by atoms with van der Waals surface area (Å²) in [5, 5.41) is 0. The van der Waals surface area contributed by atoms with Gasteiger partial charge in [-0.2, -0.15) is 0 Å². The maximum absolute atomic E-state index is 12.1. The fourth-order valence-electron chi connectivity index (χ4n) is 2.62. The standard InChI is InChI=1S/C16H15NOS/c1-12(18)17-14-10-6-7-11-15(14)19-16(17,2)13-8-4-3-5-9-13/h3-11H,1-2H3/t16-/m1/s1. The van der Waals surface area contributed by atoms with Gasteiger partial charge in [0.15, 0.2) is 0 Å². The molecule has 96 valence electrons. The van der Waals surface area contributed by atoms with Crippen LogP contribution in [0.1, 0.15) is 19.4 Å². The lowest BCUT2D eigenvalue weighted by atomic mass is 10.1. The van der Waals surface area contributed by atoms with Gasteiger partial charge in [0.25, 0.3) is 0 Å². The zero-order valence-electron chi connectivity index (χ0n) is 11.0. The van der Waals surface area contributed by atoms with Gasteiger partial charge < -0.3 is 0 Å². The zero-order chi connectivity index (χ0) is 13.5. The number of hydrogen-bond acceptors (Lipinski definition) is 2. The molecule has 19 heavy (non-hydrogen) atoms. The van der Waals surface area contributed by atoms with E-state index in [4.69, 9.17) is 0 Å². The van der Waals surface area contributed by atoms with Crippen molar-refractivity contribution in [2.45, 2.75) is 23.6 Å². The summed E-state index contributed by atoms with van der Waals surface area (Å²) in [6.07, 6.45) is 0.